The molecule has 0 saturated carbocycles. The number of hydrogen-bond acceptors (Lipinski definition) is 3. The van der Waals surface area contributed by atoms with Gasteiger partial charge in [0.15, 0.2) is 0 Å². The minimum absolute atomic E-state index is 0.00972. The summed E-state index contributed by atoms with van der Waals surface area (Å²) in [6.07, 6.45) is 1.45. The van der Waals surface area contributed by atoms with Gasteiger partial charge in [0.05, 0.1) is 6.54 Å². The lowest BCUT2D eigenvalue weighted by molar-refractivity contribution is -0.116. The van der Waals surface area contributed by atoms with E-state index in [0.717, 1.165) is 22.4 Å². The van der Waals surface area contributed by atoms with Crippen LogP contribution in [0.3, 0.4) is 0 Å². The number of aromatic amines is 1. The maximum Gasteiger partial charge on any atom is 0.260 e. The Hall–Kier alpha value is -2.89. The van der Waals surface area contributed by atoms with E-state index in [9.17, 15) is 14.4 Å². The number of aryl methyl sites for hydroxylation is 3. The van der Waals surface area contributed by atoms with Crippen molar-refractivity contribution < 1.29 is 9.59 Å². The molecule has 0 bridgehead atoms. The summed E-state index contributed by atoms with van der Waals surface area (Å²) in [4.78, 5) is 39.8. The zero-order valence-electron chi connectivity index (χ0n) is 14.3. The first-order valence-corrected chi connectivity index (χ1v) is 7.60. The number of anilines is 1. The maximum atomic E-state index is 12.3. The normalized spacial score (nSPS) is 10.3. The van der Waals surface area contributed by atoms with Crippen molar-refractivity contribution >= 4 is 17.5 Å². The molecular weight excluding hydrogens is 306 g/mol. The van der Waals surface area contributed by atoms with Crippen LogP contribution in [-0.4, -0.2) is 35.3 Å². The SMILES string of the molecule is Cc1cc(C)c(NC(=O)CN(C)C(=O)c2ccc[nH]c2=O)c(C)c1. The molecule has 0 atom stereocenters. The van der Waals surface area contributed by atoms with Crippen LogP contribution in [0.5, 0.6) is 0 Å². The molecule has 24 heavy (non-hydrogen) atoms. The molecule has 0 saturated heterocycles. The summed E-state index contributed by atoms with van der Waals surface area (Å²) in [5.41, 5.74) is 3.35. The van der Waals surface area contributed by atoms with Crippen molar-refractivity contribution in [1.29, 1.82) is 0 Å². The van der Waals surface area contributed by atoms with Crippen LogP contribution in [0.1, 0.15) is 27.0 Å². The highest BCUT2D eigenvalue weighted by Gasteiger charge is 2.18. The van der Waals surface area contributed by atoms with Gasteiger partial charge in [-0.3, -0.25) is 14.4 Å². The Morgan fingerprint density at radius 3 is 2.38 bits per heavy atom. The highest BCUT2D eigenvalue weighted by molar-refractivity contribution is 5.99. The van der Waals surface area contributed by atoms with Gasteiger partial charge in [0.2, 0.25) is 5.91 Å². The Morgan fingerprint density at radius 1 is 1.17 bits per heavy atom. The van der Waals surface area contributed by atoms with E-state index in [4.69, 9.17) is 0 Å². The van der Waals surface area contributed by atoms with Crippen LogP contribution >= 0.6 is 0 Å². The molecule has 1 heterocycles. The van der Waals surface area contributed by atoms with Gasteiger partial charge in [-0.1, -0.05) is 17.7 Å². The van der Waals surface area contributed by atoms with Crippen LogP contribution in [0.4, 0.5) is 5.69 Å². The predicted molar refractivity (Wildman–Crippen MR) is 93.3 cm³/mol. The number of benzene rings is 1. The second-order valence-electron chi connectivity index (χ2n) is 5.90. The Labute approximate surface area is 140 Å². The molecule has 2 amide bonds. The average molecular weight is 327 g/mol. The molecule has 6 heteroatoms. The summed E-state index contributed by atoms with van der Waals surface area (Å²) in [5, 5.41) is 2.84. The monoisotopic (exact) mass is 327 g/mol. The molecule has 0 radical (unpaired) electrons. The number of aromatic nitrogens is 1. The zero-order chi connectivity index (χ0) is 17.9. The summed E-state index contributed by atoms with van der Waals surface area (Å²) in [5.74, 6) is -0.808. The van der Waals surface area contributed by atoms with Gasteiger partial charge in [0.25, 0.3) is 11.5 Å². The van der Waals surface area contributed by atoms with Crippen LogP contribution in [-0.2, 0) is 4.79 Å². The van der Waals surface area contributed by atoms with Crippen molar-refractivity contribution in [3.05, 3.63) is 63.1 Å². The minimum Gasteiger partial charge on any atom is -0.332 e. The smallest absolute Gasteiger partial charge is 0.260 e. The molecule has 2 N–H and O–H groups in total. The van der Waals surface area contributed by atoms with Crippen LogP contribution in [0.2, 0.25) is 0 Å². The number of amides is 2. The Balaban J connectivity index is 2.09. The van der Waals surface area contributed by atoms with Gasteiger partial charge in [0.1, 0.15) is 5.56 Å². The number of pyridine rings is 1. The minimum atomic E-state index is -0.496. The number of nitrogens with zero attached hydrogens (tertiary/aromatic N) is 1. The van der Waals surface area contributed by atoms with Crippen molar-refractivity contribution in [2.75, 3.05) is 18.9 Å². The van der Waals surface area contributed by atoms with Gasteiger partial charge in [0, 0.05) is 18.9 Å². The lowest BCUT2D eigenvalue weighted by atomic mass is 10.1. The molecule has 1 aromatic carbocycles. The van der Waals surface area contributed by atoms with Crippen molar-refractivity contribution in [2.45, 2.75) is 20.8 Å². The second kappa shape index (κ2) is 7.12. The molecule has 126 valence electrons. The number of H-pyrrole nitrogens is 1. The van der Waals surface area contributed by atoms with E-state index in [-0.39, 0.29) is 18.0 Å². The topological polar surface area (TPSA) is 82.3 Å². The lowest BCUT2D eigenvalue weighted by Gasteiger charge is -2.18. The number of likely N-dealkylation sites (N-methyl/N-ethyl adjacent to an activating group) is 1. The van der Waals surface area contributed by atoms with Crippen LogP contribution in [0.25, 0.3) is 0 Å². The third-order valence-corrected chi connectivity index (χ3v) is 3.72. The summed E-state index contributed by atoms with van der Waals surface area (Å²) in [7, 11) is 1.49. The van der Waals surface area contributed by atoms with Crippen molar-refractivity contribution in [3.8, 4) is 0 Å². The van der Waals surface area contributed by atoms with Gasteiger partial charge in [-0.2, -0.15) is 0 Å². The molecule has 2 rings (SSSR count). The second-order valence-corrected chi connectivity index (χ2v) is 5.90. The number of rotatable bonds is 4. The first-order valence-electron chi connectivity index (χ1n) is 7.60. The molecule has 6 nitrogen and oxygen atoms in total. The van der Waals surface area contributed by atoms with E-state index in [1.807, 2.05) is 32.9 Å². The Bertz CT molecular complexity index is 816. The molecule has 0 aliphatic heterocycles. The summed E-state index contributed by atoms with van der Waals surface area (Å²) < 4.78 is 0. The third kappa shape index (κ3) is 3.90. The first kappa shape index (κ1) is 17.5. The fraction of sp³-hybridized carbons (Fsp3) is 0.278. The van der Waals surface area contributed by atoms with Gasteiger partial charge >= 0.3 is 0 Å². The molecular formula is C18H21N3O3. The number of carbonyl (C=O) groups excluding carboxylic acids is 2. The van der Waals surface area contributed by atoms with Crippen LogP contribution < -0.4 is 10.9 Å². The first-order chi connectivity index (χ1) is 11.3. The highest BCUT2D eigenvalue weighted by Crippen LogP contribution is 2.21. The zero-order valence-corrected chi connectivity index (χ0v) is 14.3. The predicted octanol–water partition coefficient (Wildman–Crippen LogP) is 2.01. The fourth-order valence-corrected chi connectivity index (χ4v) is 2.64. The van der Waals surface area contributed by atoms with Crippen LogP contribution in [0.15, 0.2) is 35.3 Å². The lowest BCUT2D eigenvalue weighted by Crippen LogP contribution is -2.37. The molecule has 2 aromatic rings. The van der Waals surface area contributed by atoms with E-state index in [1.165, 1.54) is 24.2 Å². The van der Waals surface area contributed by atoms with E-state index in [2.05, 4.69) is 10.3 Å². The summed E-state index contributed by atoms with van der Waals surface area (Å²) >= 11 is 0. The van der Waals surface area contributed by atoms with E-state index in [0.29, 0.717) is 0 Å². The summed E-state index contributed by atoms with van der Waals surface area (Å²) in [6, 6.07) is 6.98. The van der Waals surface area contributed by atoms with Gasteiger partial charge < -0.3 is 15.2 Å². The molecule has 0 unspecified atom stereocenters. The molecule has 0 aliphatic carbocycles. The van der Waals surface area contributed by atoms with Gasteiger partial charge in [-0.05, 0) is 44.0 Å². The van der Waals surface area contributed by atoms with Gasteiger partial charge in [-0.25, -0.2) is 0 Å². The molecule has 0 fully saturated rings. The maximum absolute atomic E-state index is 12.3. The largest absolute Gasteiger partial charge is 0.332 e. The van der Waals surface area contributed by atoms with Crippen molar-refractivity contribution in [3.63, 3.8) is 0 Å². The number of carbonyl (C=O) groups is 2. The molecule has 1 aromatic heterocycles. The number of hydrogen-bond donors (Lipinski definition) is 2. The average Bonchev–Trinajstić information content (AvgIpc) is 2.50. The Kier molecular flexibility index (Phi) is 5.18. The Morgan fingerprint density at radius 2 is 1.79 bits per heavy atom. The van der Waals surface area contributed by atoms with Crippen molar-refractivity contribution in [1.82, 2.24) is 9.88 Å². The van der Waals surface area contributed by atoms with E-state index >= 15 is 0 Å². The molecule has 0 aliphatic rings. The fourth-order valence-electron chi connectivity index (χ4n) is 2.64. The highest BCUT2D eigenvalue weighted by atomic mass is 16.2. The van der Waals surface area contributed by atoms with E-state index in [1.54, 1.807) is 6.07 Å². The third-order valence-electron chi connectivity index (χ3n) is 3.72. The van der Waals surface area contributed by atoms with Crippen molar-refractivity contribution in [2.24, 2.45) is 0 Å². The quantitative estimate of drug-likeness (QED) is 0.901. The van der Waals surface area contributed by atoms with Gasteiger partial charge in [-0.15, -0.1) is 0 Å². The summed E-state index contributed by atoms with van der Waals surface area (Å²) in [6.45, 7) is 5.71. The van der Waals surface area contributed by atoms with Crippen LogP contribution in [0, 0.1) is 20.8 Å². The number of nitrogens with one attached hydrogen (secondary N) is 2. The molecule has 0 spiro atoms. The standard InChI is InChI=1S/C18H21N3O3/c1-11-8-12(2)16(13(3)9-11)20-15(22)10-21(4)18(24)14-6-5-7-19-17(14)23/h5-9H,10H2,1-4H3,(H,19,23)(H,20,22). The van der Waals surface area contributed by atoms with E-state index < -0.39 is 11.5 Å².